The van der Waals surface area contributed by atoms with E-state index in [1.807, 2.05) is 0 Å². The van der Waals surface area contributed by atoms with Crippen LogP contribution in [0.5, 0.6) is 5.75 Å². The number of rotatable bonds is 6. The number of nitro groups is 1. The van der Waals surface area contributed by atoms with Crippen LogP contribution in [0.2, 0.25) is 0 Å². The molecule has 3 amide bonds. The number of amides is 3. The molecule has 172 valence electrons. The van der Waals surface area contributed by atoms with Crippen molar-refractivity contribution in [3.63, 3.8) is 0 Å². The van der Waals surface area contributed by atoms with Crippen molar-refractivity contribution < 1.29 is 33.2 Å². The van der Waals surface area contributed by atoms with Crippen molar-refractivity contribution in [3.8, 4) is 17.1 Å². The van der Waals surface area contributed by atoms with Gasteiger partial charge in [0, 0.05) is 19.2 Å². The number of furan rings is 1. The van der Waals surface area contributed by atoms with Gasteiger partial charge < -0.3 is 18.8 Å². The van der Waals surface area contributed by atoms with Gasteiger partial charge in [0.2, 0.25) is 5.91 Å². The van der Waals surface area contributed by atoms with Crippen molar-refractivity contribution in [1.82, 2.24) is 9.80 Å². The minimum absolute atomic E-state index is 0.0971. The monoisotopic (exact) mass is 473 g/mol. The Morgan fingerprint density at radius 1 is 1.24 bits per heavy atom. The molecule has 2 saturated heterocycles. The van der Waals surface area contributed by atoms with Gasteiger partial charge in [0.15, 0.2) is 0 Å². The molecule has 2 aliphatic heterocycles. The first-order chi connectivity index (χ1) is 15.9. The van der Waals surface area contributed by atoms with Gasteiger partial charge in [0.25, 0.3) is 16.8 Å². The highest BCUT2D eigenvalue weighted by Gasteiger charge is 2.37. The van der Waals surface area contributed by atoms with Crippen LogP contribution >= 0.6 is 11.8 Å². The molecule has 0 radical (unpaired) electrons. The van der Waals surface area contributed by atoms with Gasteiger partial charge in [-0.1, -0.05) is 0 Å². The zero-order valence-corrected chi connectivity index (χ0v) is 18.3. The maximum Gasteiger partial charge on any atom is 0.294 e. The molecule has 11 nitrogen and oxygen atoms in total. The van der Waals surface area contributed by atoms with E-state index in [4.69, 9.17) is 13.9 Å². The number of nitrogens with zero attached hydrogens (tertiary/aromatic N) is 3. The molecule has 12 heteroatoms. The number of imide groups is 1. The maximum atomic E-state index is 12.7. The summed E-state index contributed by atoms with van der Waals surface area (Å²) in [6, 6.07) is 7.43. The fourth-order valence-corrected chi connectivity index (χ4v) is 4.20. The zero-order valence-electron chi connectivity index (χ0n) is 17.5. The number of thioether (sulfide) groups is 1. The number of carbonyl (C=O) groups excluding carboxylic acids is 3. The van der Waals surface area contributed by atoms with Crippen LogP contribution in [0.3, 0.4) is 0 Å². The van der Waals surface area contributed by atoms with E-state index in [1.165, 1.54) is 37.5 Å². The third kappa shape index (κ3) is 4.76. The highest BCUT2D eigenvalue weighted by molar-refractivity contribution is 8.18. The SMILES string of the molecule is COc1ccc(-c2ccc(/C=C3\SC(=O)N(CC(=O)N4CCOCC4)C3=O)o2)c([N+](=O)[O-])c1. The summed E-state index contributed by atoms with van der Waals surface area (Å²) in [6.45, 7) is 1.32. The topological polar surface area (TPSA) is 132 Å². The molecule has 0 spiro atoms. The van der Waals surface area contributed by atoms with Gasteiger partial charge in [-0.3, -0.25) is 29.4 Å². The fourth-order valence-electron chi connectivity index (χ4n) is 3.39. The van der Waals surface area contributed by atoms with Crippen LogP contribution in [0, 0.1) is 10.1 Å². The van der Waals surface area contributed by atoms with Crippen molar-refractivity contribution in [2.75, 3.05) is 40.0 Å². The molecule has 33 heavy (non-hydrogen) atoms. The molecule has 2 fully saturated rings. The van der Waals surface area contributed by atoms with Crippen LogP contribution in [-0.4, -0.2) is 71.7 Å². The molecule has 1 aromatic heterocycles. The van der Waals surface area contributed by atoms with E-state index in [1.54, 1.807) is 11.0 Å². The molecule has 2 aromatic rings. The number of methoxy groups -OCH3 is 1. The lowest BCUT2D eigenvalue weighted by Crippen LogP contribution is -2.46. The lowest BCUT2D eigenvalue weighted by molar-refractivity contribution is -0.384. The average molecular weight is 473 g/mol. The number of hydrogen-bond donors (Lipinski definition) is 0. The van der Waals surface area contributed by atoms with Gasteiger partial charge in [-0.2, -0.15) is 0 Å². The van der Waals surface area contributed by atoms with Gasteiger partial charge in [0.05, 0.1) is 41.8 Å². The summed E-state index contributed by atoms with van der Waals surface area (Å²) in [5.74, 6) is -0.135. The van der Waals surface area contributed by atoms with Gasteiger partial charge in [-0.05, 0) is 36.0 Å². The number of benzene rings is 1. The highest BCUT2D eigenvalue weighted by Crippen LogP contribution is 2.36. The van der Waals surface area contributed by atoms with Crippen LogP contribution in [0.1, 0.15) is 5.76 Å². The molecule has 1 aromatic carbocycles. The van der Waals surface area contributed by atoms with Crippen molar-refractivity contribution in [2.45, 2.75) is 0 Å². The minimum Gasteiger partial charge on any atom is -0.497 e. The predicted molar refractivity (Wildman–Crippen MR) is 117 cm³/mol. The lowest BCUT2D eigenvalue weighted by Gasteiger charge is -2.27. The van der Waals surface area contributed by atoms with Crippen LogP contribution in [0.4, 0.5) is 10.5 Å². The number of morpholine rings is 1. The lowest BCUT2D eigenvalue weighted by atomic mass is 10.1. The Kier molecular flexibility index (Phi) is 6.47. The van der Waals surface area contributed by atoms with E-state index in [2.05, 4.69) is 0 Å². The second kappa shape index (κ2) is 9.46. The van der Waals surface area contributed by atoms with Crippen LogP contribution in [0.25, 0.3) is 17.4 Å². The summed E-state index contributed by atoms with van der Waals surface area (Å²) in [7, 11) is 1.41. The smallest absolute Gasteiger partial charge is 0.294 e. The van der Waals surface area contributed by atoms with Gasteiger partial charge >= 0.3 is 0 Å². The number of carbonyl (C=O) groups is 3. The van der Waals surface area contributed by atoms with E-state index in [0.29, 0.717) is 43.8 Å². The molecule has 4 rings (SSSR count). The van der Waals surface area contributed by atoms with Crippen molar-refractivity contribution in [2.24, 2.45) is 0 Å². The van der Waals surface area contributed by atoms with Gasteiger partial charge in [-0.25, -0.2) is 0 Å². The first kappa shape index (κ1) is 22.6. The minimum atomic E-state index is -0.597. The molecular formula is C21H19N3O8S. The number of ether oxygens (including phenoxy) is 2. The third-order valence-corrected chi connectivity index (χ3v) is 6.01. The van der Waals surface area contributed by atoms with Crippen LogP contribution in [-0.2, 0) is 14.3 Å². The maximum absolute atomic E-state index is 12.7. The summed E-state index contributed by atoms with van der Waals surface area (Å²) in [4.78, 5) is 50.9. The Bertz CT molecular complexity index is 1150. The van der Waals surface area contributed by atoms with Crippen molar-refractivity contribution in [3.05, 3.63) is 51.1 Å². The summed E-state index contributed by atoms with van der Waals surface area (Å²) in [6.07, 6.45) is 1.38. The number of nitro benzene ring substituents is 1. The molecule has 0 atom stereocenters. The van der Waals surface area contributed by atoms with Gasteiger partial charge in [-0.15, -0.1) is 0 Å². The molecular weight excluding hydrogens is 454 g/mol. The van der Waals surface area contributed by atoms with Crippen molar-refractivity contribution >= 4 is 40.6 Å². The third-order valence-electron chi connectivity index (χ3n) is 5.10. The Balaban J connectivity index is 1.51. The summed E-state index contributed by atoms with van der Waals surface area (Å²) in [5, 5.41) is 10.9. The second-order valence-electron chi connectivity index (χ2n) is 7.10. The highest BCUT2D eigenvalue weighted by atomic mass is 32.2. The molecule has 2 aliphatic rings. The van der Waals surface area contributed by atoms with Gasteiger partial charge in [0.1, 0.15) is 23.8 Å². The Labute approximate surface area is 192 Å². The van der Waals surface area contributed by atoms with E-state index in [-0.39, 0.29) is 40.1 Å². The first-order valence-electron chi connectivity index (χ1n) is 9.91. The molecule has 0 N–H and O–H groups in total. The summed E-state index contributed by atoms with van der Waals surface area (Å²) < 4.78 is 15.9. The van der Waals surface area contributed by atoms with E-state index >= 15 is 0 Å². The standard InChI is InChI=1S/C21H19N3O8S/c1-30-13-2-4-15(16(10-13)24(28)29)17-5-3-14(32-17)11-18-20(26)23(21(27)33-18)12-19(25)22-6-8-31-9-7-22/h2-5,10-11H,6-9,12H2,1H3/b18-11-. The second-order valence-corrected chi connectivity index (χ2v) is 8.10. The Morgan fingerprint density at radius 3 is 2.70 bits per heavy atom. The zero-order chi connectivity index (χ0) is 23.5. The van der Waals surface area contributed by atoms with E-state index in [9.17, 15) is 24.5 Å². The quantitative estimate of drug-likeness (QED) is 0.353. The molecule has 0 unspecified atom stereocenters. The average Bonchev–Trinajstić information content (AvgIpc) is 3.39. The van der Waals surface area contributed by atoms with Crippen LogP contribution in [0.15, 0.2) is 39.7 Å². The fraction of sp³-hybridized carbons (Fsp3) is 0.286. The molecule has 0 bridgehead atoms. The Morgan fingerprint density at radius 2 is 2.00 bits per heavy atom. The summed E-state index contributed by atoms with van der Waals surface area (Å²) >= 11 is 0.702. The Hall–Kier alpha value is -3.64. The van der Waals surface area contributed by atoms with Crippen LogP contribution < -0.4 is 4.74 Å². The van der Waals surface area contributed by atoms with E-state index in [0.717, 1.165) is 4.90 Å². The largest absolute Gasteiger partial charge is 0.497 e. The van der Waals surface area contributed by atoms with E-state index < -0.39 is 16.1 Å². The predicted octanol–water partition coefficient (Wildman–Crippen LogP) is 2.76. The van der Waals surface area contributed by atoms with Crippen molar-refractivity contribution in [1.29, 1.82) is 0 Å². The molecule has 0 aliphatic carbocycles. The first-order valence-corrected chi connectivity index (χ1v) is 10.7. The normalized spacial score (nSPS) is 17.7. The molecule has 0 saturated carbocycles. The molecule has 3 heterocycles. The number of hydrogen-bond acceptors (Lipinski definition) is 9. The summed E-state index contributed by atoms with van der Waals surface area (Å²) in [5.41, 5.74) is 0.0434.